The molecule has 1 amide bonds. The highest BCUT2D eigenvalue weighted by Crippen LogP contribution is 2.29. The predicted molar refractivity (Wildman–Crippen MR) is 114 cm³/mol. The van der Waals surface area contributed by atoms with Gasteiger partial charge < -0.3 is 5.32 Å². The molecule has 0 aliphatic carbocycles. The summed E-state index contributed by atoms with van der Waals surface area (Å²) in [6, 6.07) is 21.7. The second kappa shape index (κ2) is 7.18. The van der Waals surface area contributed by atoms with E-state index in [-0.39, 0.29) is 17.3 Å². The van der Waals surface area contributed by atoms with Gasteiger partial charge in [0.1, 0.15) is 11.5 Å². The van der Waals surface area contributed by atoms with Crippen LogP contribution in [-0.2, 0) is 4.79 Å². The van der Waals surface area contributed by atoms with E-state index < -0.39 is 5.82 Å². The minimum absolute atomic E-state index is 0.0985. The zero-order valence-corrected chi connectivity index (χ0v) is 16.0. The average Bonchev–Trinajstić information content (AvgIpc) is 3.14. The molecule has 2 aromatic heterocycles. The highest BCUT2D eigenvalue weighted by atomic mass is 32.2. The Kier molecular flexibility index (Phi) is 4.37. The number of anilines is 1. The molecule has 0 atom stereocenters. The Bertz CT molecular complexity index is 1380. The van der Waals surface area contributed by atoms with Crippen molar-refractivity contribution in [2.24, 2.45) is 0 Å². The molecule has 0 saturated carbocycles. The van der Waals surface area contributed by atoms with E-state index in [4.69, 9.17) is 9.97 Å². The van der Waals surface area contributed by atoms with Gasteiger partial charge in [0.05, 0.1) is 28.0 Å². The number of fused-ring (bicyclic) bond motifs is 5. The van der Waals surface area contributed by atoms with E-state index in [0.717, 1.165) is 27.6 Å². The second-order valence-corrected chi connectivity index (χ2v) is 7.43. The number of nitrogens with zero attached hydrogens (tertiary/aromatic N) is 3. The van der Waals surface area contributed by atoms with Crippen molar-refractivity contribution in [3.63, 3.8) is 0 Å². The van der Waals surface area contributed by atoms with Gasteiger partial charge in [0.25, 0.3) is 0 Å². The first-order valence-electron chi connectivity index (χ1n) is 9.04. The molecule has 5 nitrogen and oxygen atoms in total. The number of hydrogen-bond donors (Lipinski definition) is 1. The van der Waals surface area contributed by atoms with Crippen LogP contribution in [0, 0.1) is 5.82 Å². The summed E-state index contributed by atoms with van der Waals surface area (Å²) in [4.78, 5) is 21.9. The van der Waals surface area contributed by atoms with E-state index in [1.807, 2.05) is 52.9 Å². The van der Waals surface area contributed by atoms with Crippen molar-refractivity contribution in [2.45, 2.75) is 5.16 Å². The third kappa shape index (κ3) is 3.19. The summed E-state index contributed by atoms with van der Waals surface area (Å²) < 4.78 is 15.8. The molecule has 0 fully saturated rings. The molecule has 0 spiro atoms. The molecule has 0 saturated heterocycles. The van der Waals surface area contributed by atoms with Crippen molar-refractivity contribution < 1.29 is 9.18 Å². The van der Waals surface area contributed by atoms with Gasteiger partial charge >= 0.3 is 0 Å². The number of nitrogens with one attached hydrogen (secondary N) is 1. The molecule has 3 aromatic carbocycles. The van der Waals surface area contributed by atoms with Gasteiger partial charge in [0, 0.05) is 5.39 Å². The van der Waals surface area contributed by atoms with Crippen LogP contribution in [0.4, 0.5) is 10.1 Å². The predicted octanol–water partition coefficient (Wildman–Crippen LogP) is 4.91. The van der Waals surface area contributed by atoms with E-state index in [9.17, 15) is 9.18 Å². The highest BCUT2D eigenvalue weighted by molar-refractivity contribution is 7.99. The number of benzene rings is 3. The molecule has 29 heavy (non-hydrogen) atoms. The molecule has 7 heteroatoms. The monoisotopic (exact) mass is 402 g/mol. The maximum absolute atomic E-state index is 13.8. The van der Waals surface area contributed by atoms with E-state index in [0.29, 0.717) is 5.16 Å². The number of amides is 1. The van der Waals surface area contributed by atoms with Crippen molar-refractivity contribution in [3.8, 4) is 0 Å². The minimum atomic E-state index is -0.460. The fraction of sp³-hybridized carbons (Fsp3) is 0.0455. The Labute approximate surface area is 169 Å². The van der Waals surface area contributed by atoms with Gasteiger partial charge in [-0.3, -0.25) is 9.20 Å². The van der Waals surface area contributed by atoms with Crippen molar-refractivity contribution in [1.82, 2.24) is 14.4 Å². The Morgan fingerprint density at radius 3 is 2.52 bits per heavy atom. The molecule has 0 unspecified atom stereocenters. The van der Waals surface area contributed by atoms with Crippen LogP contribution in [0.5, 0.6) is 0 Å². The second-order valence-electron chi connectivity index (χ2n) is 6.49. The summed E-state index contributed by atoms with van der Waals surface area (Å²) in [6.45, 7) is 0. The molecule has 0 aliphatic heterocycles. The van der Waals surface area contributed by atoms with Crippen molar-refractivity contribution in [1.29, 1.82) is 0 Å². The average molecular weight is 402 g/mol. The van der Waals surface area contributed by atoms with Gasteiger partial charge in [0.15, 0.2) is 5.16 Å². The molecule has 0 aliphatic rings. The van der Waals surface area contributed by atoms with Crippen molar-refractivity contribution in [3.05, 3.63) is 78.6 Å². The van der Waals surface area contributed by atoms with Gasteiger partial charge in [-0.2, -0.15) is 0 Å². The maximum atomic E-state index is 13.8. The number of para-hydroxylation sites is 4. The fourth-order valence-electron chi connectivity index (χ4n) is 3.29. The van der Waals surface area contributed by atoms with Crippen LogP contribution in [0.2, 0.25) is 0 Å². The summed E-state index contributed by atoms with van der Waals surface area (Å²) in [5.41, 5.74) is 3.57. The number of carbonyl (C=O) groups excluding carboxylic acids is 1. The largest absolute Gasteiger partial charge is 0.323 e. The fourth-order valence-corrected chi connectivity index (χ4v) is 4.10. The normalized spacial score (nSPS) is 11.3. The molecule has 1 N–H and O–H groups in total. The molecule has 2 heterocycles. The summed E-state index contributed by atoms with van der Waals surface area (Å²) in [5, 5.41) is 4.22. The molecular formula is C22H15FN4OS. The van der Waals surface area contributed by atoms with Gasteiger partial charge in [-0.25, -0.2) is 14.4 Å². The lowest BCUT2D eigenvalue weighted by Crippen LogP contribution is -2.15. The lowest BCUT2D eigenvalue weighted by Gasteiger charge is -2.09. The zero-order chi connectivity index (χ0) is 19.8. The maximum Gasteiger partial charge on any atom is 0.234 e. The van der Waals surface area contributed by atoms with Crippen LogP contribution in [0.3, 0.4) is 0 Å². The highest BCUT2D eigenvalue weighted by Gasteiger charge is 2.15. The Balaban J connectivity index is 1.53. The number of hydrogen-bond acceptors (Lipinski definition) is 4. The first-order chi connectivity index (χ1) is 14.2. The Morgan fingerprint density at radius 2 is 1.66 bits per heavy atom. The minimum Gasteiger partial charge on any atom is -0.323 e. The lowest BCUT2D eigenvalue weighted by atomic mass is 10.2. The topological polar surface area (TPSA) is 59.3 Å². The number of halogens is 1. The number of imidazole rings is 1. The van der Waals surface area contributed by atoms with E-state index in [1.54, 1.807) is 12.1 Å². The first kappa shape index (κ1) is 17.6. The Morgan fingerprint density at radius 1 is 0.931 bits per heavy atom. The van der Waals surface area contributed by atoms with Gasteiger partial charge in [-0.1, -0.05) is 48.2 Å². The number of aromatic nitrogens is 3. The van der Waals surface area contributed by atoms with Gasteiger partial charge in [0.2, 0.25) is 5.91 Å². The van der Waals surface area contributed by atoms with Crippen LogP contribution in [0.15, 0.2) is 78.0 Å². The smallest absolute Gasteiger partial charge is 0.234 e. The molecular weight excluding hydrogens is 387 g/mol. The molecule has 0 radical (unpaired) electrons. The van der Waals surface area contributed by atoms with Crippen LogP contribution in [0.25, 0.3) is 27.6 Å². The van der Waals surface area contributed by atoms with E-state index in [2.05, 4.69) is 5.32 Å². The third-order valence-corrected chi connectivity index (χ3v) is 5.53. The van der Waals surface area contributed by atoms with Gasteiger partial charge in [-0.05, 0) is 36.4 Å². The van der Waals surface area contributed by atoms with Crippen LogP contribution in [0.1, 0.15) is 0 Å². The molecule has 5 rings (SSSR count). The van der Waals surface area contributed by atoms with E-state index >= 15 is 0 Å². The number of carbonyl (C=O) groups is 1. The summed E-state index contributed by atoms with van der Waals surface area (Å²) in [7, 11) is 0. The Hall–Kier alpha value is -3.45. The molecule has 0 bridgehead atoms. The summed E-state index contributed by atoms with van der Waals surface area (Å²) >= 11 is 1.29. The summed E-state index contributed by atoms with van der Waals surface area (Å²) in [5.74, 6) is -0.660. The first-order valence-corrected chi connectivity index (χ1v) is 10.0. The summed E-state index contributed by atoms with van der Waals surface area (Å²) in [6.07, 6.45) is 0. The molecule has 5 aromatic rings. The number of rotatable bonds is 4. The standard InChI is InChI=1S/C22H15FN4OS/c23-15-8-2-4-10-17(15)24-20(28)13-29-22-26-16-9-3-1-7-14(16)21-25-18-11-5-6-12-19(18)27(21)22/h1-12H,13H2,(H,24,28). The quantitative estimate of drug-likeness (QED) is 0.343. The van der Waals surface area contributed by atoms with Gasteiger partial charge in [-0.15, -0.1) is 0 Å². The van der Waals surface area contributed by atoms with Crippen LogP contribution >= 0.6 is 11.8 Å². The zero-order valence-electron chi connectivity index (χ0n) is 15.2. The van der Waals surface area contributed by atoms with Crippen LogP contribution < -0.4 is 5.32 Å². The molecule has 142 valence electrons. The lowest BCUT2D eigenvalue weighted by molar-refractivity contribution is -0.113. The van der Waals surface area contributed by atoms with E-state index in [1.165, 1.54) is 23.9 Å². The van der Waals surface area contributed by atoms with Crippen LogP contribution in [-0.4, -0.2) is 26.0 Å². The van der Waals surface area contributed by atoms with Crippen molar-refractivity contribution in [2.75, 3.05) is 11.1 Å². The third-order valence-electron chi connectivity index (χ3n) is 4.59. The SMILES string of the molecule is O=C(CSc1nc2ccccc2c2nc3ccccc3n12)Nc1ccccc1F. The van der Waals surface area contributed by atoms with Crippen molar-refractivity contribution >= 4 is 50.9 Å². The number of thioether (sulfide) groups is 1.